The quantitative estimate of drug-likeness (QED) is 0.382. The van der Waals surface area contributed by atoms with Gasteiger partial charge < -0.3 is 10.2 Å². The van der Waals surface area contributed by atoms with Crippen LogP contribution in [0.1, 0.15) is 103 Å². The second kappa shape index (κ2) is 7.03. The second-order valence-corrected chi connectivity index (χ2v) is 19.0. The van der Waals surface area contributed by atoms with Crippen LogP contribution in [0.25, 0.3) is 0 Å². The van der Waals surface area contributed by atoms with Crippen LogP contribution < -0.4 is 10.2 Å². The molecule has 8 fully saturated rings. The molecule has 4 aliphatic carbocycles. The Morgan fingerprint density at radius 1 is 0.674 bits per heavy atom. The molecule has 6 aliphatic heterocycles. The van der Waals surface area contributed by atoms with Crippen LogP contribution in [-0.2, 0) is 9.59 Å². The summed E-state index contributed by atoms with van der Waals surface area (Å²) in [6.45, 7) is 14.4. The lowest BCUT2D eigenvalue weighted by Crippen LogP contribution is -2.73. The fraction of sp³-hybridized carbons (Fsp3) is 0.650. The van der Waals surface area contributed by atoms with Crippen molar-refractivity contribution in [2.45, 2.75) is 126 Å². The molecule has 0 radical (unpaired) electrons. The maximum absolute atomic E-state index is 14.1. The van der Waals surface area contributed by atoms with Gasteiger partial charge in [0.2, 0.25) is 0 Å². The van der Waals surface area contributed by atoms with E-state index in [0.29, 0.717) is 48.3 Å². The minimum absolute atomic E-state index is 0.0434. The van der Waals surface area contributed by atoms with Crippen LogP contribution in [0, 0.1) is 34.5 Å². The number of piperidine rings is 4. The van der Waals surface area contributed by atoms with Crippen LogP contribution in [0.3, 0.4) is 0 Å². The first kappa shape index (κ1) is 26.3. The zero-order chi connectivity index (χ0) is 31.3. The fourth-order valence-electron chi connectivity index (χ4n) is 15.9. The summed E-state index contributed by atoms with van der Waals surface area (Å²) in [4.78, 5) is 36.4. The molecular weight excluding hydrogens is 568 g/mol. The van der Waals surface area contributed by atoms with E-state index in [1.54, 1.807) is 0 Å². The molecule has 6 heterocycles. The molecule has 0 amide bonds. The molecule has 2 spiro atoms. The Morgan fingerprint density at radius 2 is 1.26 bits per heavy atom. The number of benzene rings is 2. The normalized spacial score (nSPS) is 51.5. The summed E-state index contributed by atoms with van der Waals surface area (Å²) in [5, 5.41) is 4.38. The number of hydrogen-bond acceptors (Lipinski definition) is 6. The van der Waals surface area contributed by atoms with Gasteiger partial charge in [-0.05, 0) is 88.5 Å². The number of para-hydroxylation sites is 2. The first-order valence-electron chi connectivity index (χ1n) is 18.3. The van der Waals surface area contributed by atoms with Crippen molar-refractivity contribution in [3.63, 3.8) is 0 Å². The molecule has 4 saturated heterocycles. The number of nitrogens with one attached hydrogen (secondary N) is 1. The van der Waals surface area contributed by atoms with Gasteiger partial charge in [0, 0.05) is 64.4 Å². The van der Waals surface area contributed by atoms with Gasteiger partial charge >= 0.3 is 0 Å². The highest BCUT2D eigenvalue weighted by atomic mass is 16.1. The number of anilines is 3. The molecule has 6 heteroatoms. The van der Waals surface area contributed by atoms with E-state index in [1.807, 2.05) is 0 Å². The number of fused-ring (bicyclic) bond motifs is 8. The summed E-state index contributed by atoms with van der Waals surface area (Å²) in [6, 6.07) is 17.9. The molecular formula is C40H46N4O2. The van der Waals surface area contributed by atoms with Gasteiger partial charge in [0.05, 0.1) is 34.5 Å². The Morgan fingerprint density at radius 3 is 2.00 bits per heavy atom. The van der Waals surface area contributed by atoms with Crippen molar-refractivity contribution in [2.24, 2.45) is 34.5 Å². The monoisotopic (exact) mass is 614 g/mol. The Labute approximate surface area is 272 Å². The van der Waals surface area contributed by atoms with E-state index < -0.39 is 0 Å². The zero-order valence-corrected chi connectivity index (χ0v) is 28.1. The highest BCUT2D eigenvalue weighted by Crippen LogP contribution is 2.81. The van der Waals surface area contributed by atoms with E-state index in [2.05, 4.69) is 104 Å². The molecule has 10 aliphatic rings. The molecule has 0 aromatic heterocycles. The smallest absolute Gasteiger partial charge is 0.138 e. The fourth-order valence-corrected chi connectivity index (χ4v) is 15.9. The van der Waals surface area contributed by atoms with Gasteiger partial charge in [-0.15, -0.1) is 0 Å². The minimum Gasteiger partial charge on any atom is -0.375 e. The van der Waals surface area contributed by atoms with Crippen molar-refractivity contribution in [3.8, 4) is 0 Å². The summed E-state index contributed by atoms with van der Waals surface area (Å²) in [6.07, 6.45) is 5.73. The van der Waals surface area contributed by atoms with Crippen LogP contribution in [0.4, 0.5) is 17.1 Å². The van der Waals surface area contributed by atoms with Crippen LogP contribution in [0.2, 0.25) is 0 Å². The first-order valence-corrected chi connectivity index (χ1v) is 18.3. The Balaban J connectivity index is 1.11. The first-order chi connectivity index (χ1) is 21.8. The summed E-state index contributed by atoms with van der Waals surface area (Å²) < 4.78 is 0. The summed E-state index contributed by atoms with van der Waals surface area (Å²) >= 11 is 0. The summed E-state index contributed by atoms with van der Waals surface area (Å²) in [7, 11) is 0. The topological polar surface area (TPSA) is 55.9 Å². The lowest BCUT2D eigenvalue weighted by molar-refractivity contribution is -0.176. The van der Waals surface area contributed by atoms with Crippen molar-refractivity contribution in [1.29, 1.82) is 0 Å². The van der Waals surface area contributed by atoms with Gasteiger partial charge in [-0.3, -0.25) is 19.4 Å². The Bertz CT molecular complexity index is 1880. The lowest BCUT2D eigenvalue weighted by Gasteiger charge is -2.67. The number of ketones is 2. The molecule has 12 rings (SSSR count). The van der Waals surface area contributed by atoms with Gasteiger partial charge in [0.15, 0.2) is 0 Å². The minimum atomic E-state index is -0.178. The highest BCUT2D eigenvalue weighted by molar-refractivity contribution is 5.92. The number of carbonyl (C=O) groups excluding carboxylic acids is 2. The molecule has 46 heavy (non-hydrogen) atoms. The van der Waals surface area contributed by atoms with Crippen molar-refractivity contribution >= 4 is 28.6 Å². The number of Topliss-reactive ketones (excluding diaryl/α,β-unsaturated/α-hetero) is 2. The number of hydrogen-bond donors (Lipinski definition) is 1. The average molecular weight is 615 g/mol. The molecule has 238 valence electrons. The van der Waals surface area contributed by atoms with Crippen LogP contribution in [0.5, 0.6) is 0 Å². The predicted molar refractivity (Wildman–Crippen MR) is 177 cm³/mol. The lowest BCUT2D eigenvalue weighted by atomic mass is 9.50. The van der Waals surface area contributed by atoms with Crippen LogP contribution in [-0.4, -0.2) is 55.6 Å². The zero-order valence-electron chi connectivity index (χ0n) is 28.1. The van der Waals surface area contributed by atoms with Gasteiger partial charge in [0.1, 0.15) is 11.6 Å². The molecule has 8 bridgehead atoms. The van der Waals surface area contributed by atoms with E-state index in [0.717, 1.165) is 25.7 Å². The predicted octanol–water partition coefficient (Wildman–Crippen LogP) is 6.79. The number of rotatable bonds is 1. The maximum atomic E-state index is 14.1. The van der Waals surface area contributed by atoms with Crippen molar-refractivity contribution < 1.29 is 9.59 Å². The van der Waals surface area contributed by atoms with Crippen LogP contribution >= 0.6 is 0 Å². The highest BCUT2D eigenvalue weighted by Gasteiger charge is 2.84. The van der Waals surface area contributed by atoms with Crippen LogP contribution in [0.15, 0.2) is 42.5 Å². The van der Waals surface area contributed by atoms with Gasteiger partial charge in [-0.25, -0.2) is 0 Å². The summed E-state index contributed by atoms with van der Waals surface area (Å²) in [5.41, 5.74) is 6.07. The molecule has 12 atom stereocenters. The van der Waals surface area contributed by atoms with Gasteiger partial charge in [0.25, 0.3) is 0 Å². The average Bonchev–Trinajstić information content (AvgIpc) is 3.78. The van der Waals surface area contributed by atoms with E-state index in [9.17, 15) is 9.59 Å². The third kappa shape index (κ3) is 2.18. The number of carbonyl (C=O) groups is 2. The molecule has 0 unspecified atom stereocenters. The maximum Gasteiger partial charge on any atom is 0.138 e. The second-order valence-electron chi connectivity index (χ2n) is 19.0. The molecule has 4 saturated carbocycles. The van der Waals surface area contributed by atoms with E-state index in [-0.39, 0.29) is 56.9 Å². The third-order valence-electron chi connectivity index (χ3n) is 17.5. The van der Waals surface area contributed by atoms with Crippen molar-refractivity contribution in [1.82, 2.24) is 9.80 Å². The van der Waals surface area contributed by atoms with Gasteiger partial charge in [-0.1, -0.05) is 44.2 Å². The largest absolute Gasteiger partial charge is 0.375 e. The molecule has 2 aromatic rings. The SMILES string of the molecule is CC1(C)[C@@H]2C[C@@H]3[C@H]4C[C@@]5(Nc6c(cccc6N6c7ccccc7[C@@H]7N8[C@@H]9C[C@@]76[C@]6(C)CC(=O)[C@@H](C[C@H]96)C8(C)C)[C@@H]5N41)[C@]3(C)CC2=O. The standard InChI is InChI=1S/C40H46N4O2/c1-35(2)24-14-22-28-16-39(37(22,5)18-30(24)45)33(43(28)35)21-11-9-13-27(32(21)41-39)42-26-12-8-7-10-20(26)34-40(42)17-29-23-15-25(36(3,4)44(29)34)31(46)19-38(23,40)6/h7-13,22-25,28-29,33-34,41H,14-19H2,1-6H3/t22-,23-,24-,25-,28-,29-,33+,34+,37-,38-,39+,40+/m1/s1. The third-order valence-corrected chi connectivity index (χ3v) is 17.5. The van der Waals surface area contributed by atoms with E-state index in [1.165, 1.54) is 28.2 Å². The van der Waals surface area contributed by atoms with Crippen molar-refractivity contribution in [3.05, 3.63) is 53.6 Å². The molecule has 1 N–H and O–H groups in total. The van der Waals surface area contributed by atoms with E-state index >= 15 is 0 Å². The van der Waals surface area contributed by atoms with Crippen molar-refractivity contribution in [2.75, 3.05) is 10.2 Å². The van der Waals surface area contributed by atoms with Gasteiger partial charge in [-0.2, -0.15) is 0 Å². The van der Waals surface area contributed by atoms with E-state index in [4.69, 9.17) is 0 Å². The number of nitrogens with zero attached hydrogens (tertiary/aromatic N) is 3. The Kier molecular flexibility index (Phi) is 4.02. The Hall–Kier alpha value is -2.70. The molecule has 2 aromatic carbocycles. The molecule has 6 nitrogen and oxygen atoms in total. The summed E-state index contributed by atoms with van der Waals surface area (Å²) in [5.74, 6) is 2.35.